The van der Waals surface area contributed by atoms with Crippen LogP contribution in [0.25, 0.3) is 10.3 Å². The first kappa shape index (κ1) is 21.4. The number of aromatic nitrogens is 3. The summed E-state index contributed by atoms with van der Waals surface area (Å²) in [5, 5.41) is 4.42. The number of rotatable bonds is 7. The average Bonchev–Trinajstić information content (AvgIpc) is 3.29. The Labute approximate surface area is 196 Å². The lowest BCUT2D eigenvalue weighted by molar-refractivity contribution is 0.306. The molecular formula is C24H26N6O2S. The van der Waals surface area contributed by atoms with Crippen LogP contribution < -0.4 is 19.7 Å². The fourth-order valence-corrected chi connectivity index (χ4v) is 4.67. The molecule has 1 saturated heterocycles. The molecule has 0 aliphatic carbocycles. The molecule has 3 heterocycles. The summed E-state index contributed by atoms with van der Waals surface area (Å²) in [6.45, 7) is 4.50. The summed E-state index contributed by atoms with van der Waals surface area (Å²) in [5.74, 6) is 2.37. The molecule has 0 bridgehead atoms. The van der Waals surface area contributed by atoms with Crippen LogP contribution in [0.1, 0.15) is 5.56 Å². The first-order valence-corrected chi connectivity index (χ1v) is 11.7. The van der Waals surface area contributed by atoms with Crippen LogP contribution in [0, 0.1) is 0 Å². The van der Waals surface area contributed by atoms with E-state index in [2.05, 4.69) is 32.1 Å². The number of benzene rings is 2. The largest absolute Gasteiger partial charge is 0.497 e. The van der Waals surface area contributed by atoms with Crippen LogP contribution in [0.3, 0.4) is 0 Å². The number of nitrogens with zero attached hydrogens (tertiary/aromatic N) is 5. The highest BCUT2D eigenvalue weighted by atomic mass is 32.1. The van der Waals surface area contributed by atoms with Crippen molar-refractivity contribution in [2.24, 2.45) is 0 Å². The highest BCUT2D eigenvalue weighted by Crippen LogP contribution is 2.34. The van der Waals surface area contributed by atoms with E-state index < -0.39 is 0 Å². The Bertz CT molecular complexity index is 1220. The predicted octanol–water partition coefficient (Wildman–Crippen LogP) is 4.17. The highest BCUT2D eigenvalue weighted by molar-refractivity contribution is 7.22. The summed E-state index contributed by atoms with van der Waals surface area (Å²) in [5.41, 5.74) is 2.70. The van der Waals surface area contributed by atoms with Crippen molar-refractivity contribution in [3.8, 4) is 11.5 Å². The van der Waals surface area contributed by atoms with E-state index in [4.69, 9.17) is 14.5 Å². The number of fused-ring (bicyclic) bond motifs is 1. The summed E-state index contributed by atoms with van der Waals surface area (Å²) in [4.78, 5) is 18.3. The molecule has 0 spiro atoms. The van der Waals surface area contributed by atoms with E-state index in [1.54, 1.807) is 24.8 Å². The third-order valence-corrected chi connectivity index (χ3v) is 6.73. The van der Waals surface area contributed by atoms with Crippen molar-refractivity contribution in [1.29, 1.82) is 0 Å². The van der Waals surface area contributed by atoms with E-state index in [0.717, 1.165) is 70.2 Å². The van der Waals surface area contributed by atoms with Crippen molar-refractivity contribution >= 4 is 38.3 Å². The Kier molecular flexibility index (Phi) is 6.23. The molecule has 2 aromatic heterocycles. The van der Waals surface area contributed by atoms with Gasteiger partial charge >= 0.3 is 0 Å². The zero-order chi connectivity index (χ0) is 22.6. The van der Waals surface area contributed by atoms with E-state index in [0.29, 0.717) is 6.61 Å². The van der Waals surface area contributed by atoms with Crippen LogP contribution in [0.4, 0.5) is 16.6 Å². The molecule has 1 N–H and O–H groups in total. The van der Waals surface area contributed by atoms with Crippen LogP contribution in [0.2, 0.25) is 0 Å². The molecule has 1 aliphatic heterocycles. The van der Waals surface area contributed by atoms with E-state index in [1.807, 2.05) is 48.5 Å². The summed E-state index contributed by atoms with van der Waals surface area (Å²) >= 11 is 1.63. The molecule has 170 valence electrons. The van der Waals surface area contributed by atoms with E-state index in [1.165, 1.54) is 0 Å². The number of ether oxygens (including phenoxy) is 2. The van der Waals surface area contributed by atoms with Gasteiger partial charge in [0, 0.05) is 37.9 Å². The third kappa shape index (κ3) is 4.99. The van der Waals surface area contributed by atoms with Crippen molar-refractivity contribution < 1.29 is 9.47 Å². The topological polar surface area (TPSA) is 75.6 Å². The Morgan fingerprint density at radius 1 is 1.00 bits per heavy atom. The Morgan fingerprint density at radius 3 is 2.61 bits per heavy atom. The molecule has 0 unspecified atom stereocenters. The van der Waals surface area contributed by atoms with Crippen LogP contribution in [0.15, 0.2) is 54.9 Å². The molecule has 5 rings (SSSR count). The summed E-state index contributed by atoms with van der Waals surface area (Å²) in [6, 6.07) is 15.7. The molecule has 0 saturated carbocycles. The van der Waals surface area contributed by atoms with Gasteiger partial charge in [0.2, 0.25) is 0 Å². The quantitative estimate of drug-likeness (QED) is 0.439. The molecule has 4 aromatic rings. The van der Waals surface area contributed by atoms with Gasteiger partial charge in [-0.25, -0.2) is 9.97 Å². The van der Waals surface area contributed by atoms with E-state index in [-0.39, 0.29) is 0 Å². The molecule has 1 aliphatic rings. The first-order valence-electron chi connectivity index (χ1n) is 10.9. The maximum absolute atomic E-state index is 5.99. The Balaban J connectivity index is 1.30. The van der Waals surface area contributed by atoms with Crippen LogP contribution in [-0.2, 0) is 6.61 Å². The van der Waals surface area contributed by atoms with E-state index >= 15 is 0 Å². The van der Waals surface area contributed by atoms with Gasteiger partial charge in [0.15, 0.2) is 16.6 Å². The second-order valence-electron chi connectivity index (χ2n) is 7.95. The molecule has 0 radical (unpaired) electrons. The van der Waals surface area contributed by atoms with Gasteiger partial charge in [-0.1, -0.05) is 29.5 Å². The minimum absolute atomic E-state index is 0.481. The molecule has 9 heteroatoms. The Hall–Kier alpha value is -3.43. The summed E-state index contributed by atoms with van der Waals surface area (Å²) in [6.07, 6.45) is 1.56. The lowest BCUT2D eigenvalue weighted by Crippen LogP contribution is -2.44. The highest BCUT2D eigenvalue weighted by Gasteiger charge is 2.19. The molecule has 33 heavy (non-hydrogen) atoms. The maximum Gasteiger partial charge on any atom is 0.188 e. The van der Waals surface area contributed by atoms with Crippen molar-refractivity contribution in [2.75, 3.05) is 50.6 Å². The molecule has 2 aromatic carbocycles. The second-order valence-corrected chi connectivity index (χ2v) is 8.93. The average molecular weight is 463 g/mol. The number of anilines is 3. The first-order chi connectivity index (χ1) is 16.2. The summed E-state index contributed by atoms with van der Waals surface area (Å²) in [7, 11) is 3.81. The normalized spacial score (nSPS) is 14.4. The van der Waals surface area contributed by atoms with Crippen LogP contribution >= 0.6 is 11.3 Å². The van der Waals surface area contributed by atoms with Crippen LogP contribution in [-0.4, -0.2) is 60.2 Å². The summed E-state index contributed by atoms with van der Waals surface area (Å²) < 4.78 is 12.2. The Morgan fingerprint density at radius 2 is 1.82 bits per heavy atom. The van der Waals surface area contributed by atoms with Gasteiger partial charge in [0.25, 0.3) is 0 Å². The zero-order valence-corrected chi connectivity index (χ0v) is 19.5. The van der Waals surface area contributed by atoms with Crippen molar-refractivity contribution in [3.05, 3.63) is 60.4 Å². The molecular weight excluding hydrogens is 436 g/mol. The number of nitrogens with one attached hydrogen (secondary N) is 1. The maximum atomic E-state index is 5.99. The number of thiazole rings is 1. The number of piperazine rings is 1. The minimum Gasteiger partial charge on any atom is -0.497 e. The number of likely N-dealkylation sites (N-methyl/N-ethyl adjacent to an activating group) is 1. The number of hydrogen-bond donors (Lipinski definition) is 1. The lowest BCUT2D eigenvalue weighted by atomic mass is 10.2. The third-order valence-electron chi connectivity index (χ3n) is 5.62. The second kappa shape index (κ2) is 9.60. The van der Waals surface area contributed by atoms with E-state index in [9.17, 15) is 0 Å². The van der Waals surface area contributed by atoms with Gasteiger partial charge in [0.1, 0.15) is 29.1 Å². The number of methoxy groups -OCH3 is 1. The van der Waals surface area contributed by atoms with Gasteiger partial charge in [-0.3, -0.25) is 0 Å². The smallest absolute Gasteiger partial charge is 0.188 e. The number of hydrogen-bond acceptors (Lipinski definition) is 9. The van der Waals surface area contributed by atoms with Gasteiger partial charge in [-0.15, -0.1) is 0 Å². The van der Waals surface area contributed by atoms with Crippen molar-refractivity contribution in [2.45, 2.75) is 6.61 Å². The predicted molar refractivity (Wildman–Crippen MR) is 132 cm³/mol. The SMILES string of the molecule is COc1ccc(COc2cccc(Nc3ncnc4nc(N5CCN(C)CC5)sc34)c2)cc1. The van der Waals surface area contributed by atoms with Gasteiger partial charge in [-0.05, 0) is 36.9 Å². The fourth-order valence-electron chi connectivity index (χ4n) is 3.65. The molecule has 0 atom stereocenters. The van der Waals surface area contributed by atoms with Crippen molar-refractivity contribution in [1.82, 2.24) is 19.9 Å². The van der Waals surface area contributed by atoms with Crippen molar-refractivity contribution in [3.63, 3.8) is 0 Å². The molecule has 1 fully saturated rings. The standard InChI is InChI=1S/C24H26N6O2S/c1-29-10-12-30(13-11-29)24-28-23-21(33-24)22(25-16-26-23)27-18-4-3-5-20(14-18)32-15-17-6-8-19(31-2)9-7-17/h3-9,14,16H,10-13,15H2,1-2H3,(H,25,26,27). The van der Waals surface area contributed by atoms with Gasteiger partial charge in [-0.2, -0.15) is 4.98 Å². The van der Waals surface area contributed by atoms with Gasteiger partial charge < -0.3 is 24.6 Å². The molecule has 8 nitrogen and oxygen atoms in total. The fraction of sp³-hybridized carbons (Fsp3) is 0.292. The molecule has 0 amide bonds. The van der Waals surface area contributed by atoms with Gasteiger partial charge in [0.05, 0.1) is 7.11 Å². The minimum atomic E-state index is 0.481. The monoisotopic (exact) mass is 462 g/mol. The lowest BCUT2D eigenvalue weighted by Gasteiger charge is -2.31. The zero-order valence-electron chi connectivity index (χ0n) is 18.7. The van der Waals surface area contributed by atoms with Crippen LogP contribution in [0.5, 0.6) is 11.5 Å².